The van der Waals surface area contributed by atoms with Gasteiger partial charge in [0.2, 0.25) is 0 Å². The van der Waals surface area contributed by atoms with Crippen molar-refractivity contribution < 1.29 is 4.79 Å². The smallest absolute Gasteiger partial charge is 0.251 e. The third-order valence-corrected chi connectivity index (χ3v) is 7.49. The van der Waals surface area contributed by atoms with Crippen molar-refractivity contribution in [2.45, 2.75) is 129 Å². The van der Waals surface area contributed by atoms with Crippen LogP contribution in [-0.2, 0) is 4.79 Å². The summed E-state index contributed by atoms with van der Waals surface area (Å²) in [4.78, 5) is 17.3. The van der Waals surface area contributed by atoms with Gasteiger partial charge in [0.05, 0.1) is 0 Å². The van der Waals surface area contributed by atoms with Crippen LogP contribution in [-0.4, -0.2) is 22.7 Å². The lowest BCUT2D eigenvalue weighted by Gasteiger charge is -2.29. The highest BCUT2D eigenvalue weighted by atomic mass is 16.1. The summed E-state index contributed by atoms with van der Waals surface area (Å²) < 4.78 is 0. The predicted octanol–water partition coefficient (Wildman–Crippen LogP) is 5.77. The van der Waals surface area contributed by atoms with Gasteiger partial charge in [0.15, 0.2) is 0 Å². The Kier molecular flexibility index (Phi) is 8.50. The molecule has 4 N–H and O–H groups in total. The van der Waals surface area contributed by atoms with E-state index in [1.54, 1.807) is 0 Å². The molecule has 0 aliphatic heterocycles. The van der Waals surface area contributed by atoms with E-state index in [4.69, 9.17) is 11.5 Å². The Balaban J connectivity index is 1.79. The van der Waals surface area contributed by atoms with Crippen LogP contribution in [0.2, 0.25) is 0 Å². The first kappa shape index (κ1) is 24.5. The molecule has 1 amide bonds. The predicted molar refractivity (Wildman–Crippen MR) is 124 cm³/mol. The minimum Gasteiger partial charge on any atom is -0.325 e. The molecule has 2 rings (SSSR count). The van der Waals surface area contributed by atoms with Crippen LogP contribution in [0.15, 0.2) is 4.99 Å². The zero-order chi connectivity index (χ0) is 21.7. The van der Waals surface area contributed by atoms with Crippen molar-refractivity contribution >= 4 is 11.6 Å². The van der Waals surface area contributed by atoms with Crippen LogP contribution in [0.4, 0.5) is 0 Å². The molecule has 0 saturated heterocycles. The van der Waals surface area contributed by atoms with Crippen molar-refractivity contribution in [2.75, 3.05) is 0 Å². The number of amides is 1. The lowest BCUT2D eigenvalue weighted by Crippen LogP contribution is -2.41. The summed E-state index contributed by atoms with van der Waals surface area (Å²) in [6.45, 7) is 10.6. The van der Waals surface area contributed by atoms with Crippen molar-refractivity contribution in [3.05, 3.63) is 0 Å². The zero-order valence-electron chi connectivity index (χ0n) is 19.9. The van der Waals surface area contributed by atoms with Gasteiger partial charge in [0.1, 0.15) is 0 Å². The third kappa shape index (κ3) is 8.13. The lowest BCUT2D eigenvalue weighted by atomic mass is 9.81. The molecule has 0 heterocycles. The standard InChI is InChI=1S/C25H47N3O/c1-6-20-16-21(20)18-25(5,27)15-11-14-24(4,26)17-19(2)28-22(29)23(3)12-9-7-8-10-13-23/h20-21H,6-18,26-27H2,1-5H3. The van der Waals surface area contributed by atoms with E-state index in [-0.39, 0.29) is 22.4 Å². The van der Waals surface area contributed by atoms with Crippen molar-refractivity contribution in [3.8, 4) is 0 Å². The Hall–Kier alpha value is -0.740. The lowest BCUT2D eigenvalue weighted by molar-refractivity contribution is -0.127. The maximum Gasteiger partial charge on any atom is 0.251 e. The molecule has 168 valence electrons. The van der Waals surface area contributed by atoms with Crippen LogP contribution < -0.4 is 11.5 Å². The number of carbonyl (C=O) groups excluding carboxylic acids is 1. The SMILES string of the molecule is CCC1CC1CC(C)(N)CCCC(C)(N)CC(C)=NC(=O)C1(C)CCCCCC1. The molecule has 0 aromatic carbocycles. The Morgan fingerprint density at radius 1 is 1.03 bits per heavy atom. The second-order valence-corrected chi connectivity index (χ2v) is 11.3. The molecule has 2 aliphatic rings. The van der Waals surface area contributed by atoms with E-state index in [9.17, 15) is 4.79 Å². The molecule has 2 saturated carbocycles. The van der Waals surface area contributed by atoms with E-state index in [0.717, 1.165) is 68.9 Å². The number of carbonyl (C=O) groups is 1. The fourth-order valence-corrected chi connectivity index (χ4v) is 5.40. The number of nitrogens with two attached hydrogens (primary N) is 2. The van der Waals surface area contributed by atoms with Crippen LogP contribution in [0.25, 0.3) is 0 Å². The third-order valence-electron chi connectivity index (χ3n) is 7.49. The summed E-state index contributed by atoms with van der Waals surface area (Å²) in [7, 11) is 0. The quantitative estimate of drug-likeness (QED) is 0.358. The van der Waals surface area contributed by atoms with Crippen LogP contribution in [0.5, 0.6) is 0 Å². The highest BCUT2D eigenvalue weighted by Gasteiger charge is 2.39. The topological polar surface area (TPSA) is 81.5 Å². The van der Waals surface area contributed by atoms with Crippen LogP contribution in [0.1, 0.15) is 118 Å². The largest absolute Gasteiger partial charge is 0.325 e. The fourth-order valence-electron chi connectivity index (χ4n) is 5.40. The van der Waals surface area contributed by atoms with E-state index < -0.39 is 0 Å². The van der Waals surface area contributed by atoms with Gasteiger partial charge in [-0.25, -0.2) is 4.99 Å². The average molecular weight is 406 g/mol. The fraction of sp³-hybridized carbons (Fsp3) is 0.920. The maximum absolute atomic E-state index is 12.8. The highest BCUT2D eigenvalue weighted by molar-refractivity contribution is 5.97. The Morgan fingerprint density at radius 2 is 1.62 bits per heavy atom. The molecule has 4 atom stereocenters. The summed E-state index contributed by atoms with van der Waals surface area (Å²) in [6.07, 6.45) is 14.1. The summed E-state index contributed by atoms with van der Waals surface area (Å²) in [5, 5.41) is 0. The summed E-state index contributed by atoms with van der Waals surface area (Å²) in [5.41, 5.74) is 13.3. The normalized spacial score (nSPS) is 28.9. The number of hydrogen-bond acceptors (Lipinski definition) is 3. The summed E-state index contributed by atoms with van der Waals surface area (Å²) in [6, 6.07) is 0. The van der Waals surface area contributed by atoms with Gasteiger partial charge in [-0.2, -0.15) is 0 Å². The van der Waals surface area contributed by atoms with Gasteiger partial charge < -0.3 is 11.5 Å². The second-order valence-electron chi connectivity index (χ2n) is 11.3. The molecule has 0 radical (unpaired) electrons. The Bertz CT molecular complexity index is 571. The molecule has 0 bridgehead atoms. The van der Waals surface area contributed by atoms with Crippen molar-refractivity contribution in [1.82, 2.24) is 0 Å². The molecule has 4 unspecified atom stereocenters. The van der Waals surface area contributed by atoms with E-state index in [1.807, 2.05) is 6.92 Å². The Morgan fingerprint density at radius 3 is 2.17 bits per heavy atom. The van der Waals surface area contributed by atoms with E-state index >= 15 is 0 Å². The van der Waals surface area contributed by atoms with Crippen molar-refractivity contribution in [1.29, 1.82) is 0 Å². The summed E-state index contributed by atoms with van der Waals surface area (Å²) >= 11 is 0. The molecule has 0 aromatic heterocycles. The number of aliphatic imine (C=N–C) groups is 1. The first-order valence-electron chi connectivity index (χ1n) is 12.1. The van der Waals surface area contributed by atoms with E-state index in [2.05, 4.69) is 32.7 Å². The van der Waals surface area contributed by atoms with Gasteiger partial charge in [-0.15, -0.1) is 0 Å². The second kappa shape index (κ2) is 10.0. The minimum atomic E-state index is -0.333. The zero-order valence-corrected chi connectivity index (χ0v) is 19.9. The van der Waals surface area contributed by atoms with Gasteiger partial charge in [-0.1, -0.05) is 46.0 Å². The Labute approximate surface area is 179 Å². The molecule has 29 heavy (non-hydrogen) atoms. The molecular formula is C25H47N3O. The van der Waals surface area contributed by atoms with Gasteiger partial charge in [-0.3, -0.25) is 4.79 Å². The minimum absolute atomic E-state index is 0.0668. The summed E-state index contributed by atoms with van der Waals surface area (Å²) in [5.74, 6) is 1.81. The number of rotatable bonds is 10. The highest BCUT2D eigenvalue weighted by Crippen LogP contribution is 2.46. The monoisotopic (exact) mass is 405 g/mol. The number of hydrogen-bond donors (Lipinski definition) is 2. The molecule has 0 spiro atoms. The van der Waals surface area contributed by atoms with Crippen molar-refractivity contribution in [2.24, 2.45) is 33.7 Å². The van der Waals surface area contributed by atoms with Gasteiger partial charge >= 0.3 is 0 Å². The van der Waals surface area contributed by atoms with E-state index in [1.165, 1.54) is 25.7 Å². The number of nitrogens with zero attached hydrogens (tertiary/aromatic N) is 1. The molecular weight excluding hydrogens is 358 g/mol. The van der Waals surface area contributed by atoms with Gasteiger partial charge in [0, 0.05) is 28.6 Å². The molecule has 4 nitrogen and oxygen atoms in total. The van der Waals surface area contributed by atoms with Gasteiger partial charge in [0.25, 0.3) is 5.91 Å². The van der Waals surface area contributed by atoms with Crippen LogP contribution >= 0.6 is 0 Å². The van der Waals surface area contributed by atoms with Crippen LogP contribution in [0, 0.1) is 17.3 Å². The van der Waals surface area contributed by atoms with Gasteiger partial charge in [-0.05, 0) is 77.6 Å². The van der Waals surface area contributed by atoms with Crippen LogP contribution in [0.3, 0.4) is 0 Å². The average Bonchev–Trinajstić information content (AvgIpc) is 3.36. The molecule has 2 aliphatic carbocycles. The molecule has 0 aromatic rings. The maximum atomic E-state index is 12.8. The first-order chi connectivity index (χ1) is 13.5. The van der Waals surface area contributed by atoms with E-state index in [0.29, 0.717) is 6.42 Å². The molecule has 4 heteroatoms. The first-order valence-corrected chi connectivity index (χ1v) is 12.1. The van der Waals surface area contributed by atoms with Crippen molar-refractivity contribution in [3.63, 3.8) is 0 Å². The molecule has 2 fully saturated rings.